The first kappa shape index (κ1) is 22.4. The summed E-state index contributed by atoms with van der Waals surface area (Å²) >= 11 is 1.59. The second-order valence-corrected chi connectivity index (χ2v) is 7.25. The fourth-order valence-corrected chi connectivity index (χ4v) is 3.43. The molecular weight excluding hydrogens is 394 g/mol. The van der Waals surface area contributed by atoms with E-state index >= 15 is 0 Å². The van der Waals surface area contributed by atoms with Crippen LogP contribution in [-0.4, -0.2) is 49.6 Å². The fourth-order valence-electron chi connectivity index (χ4n) is 2.47. The van der Waals surface area contributed by atoms with Crippen molar-refractivity contribution in [2.24, 2.45) is 0 Å². The Labute approximate surface area is 174 Å². The van der Waals surface area contributed by atoms with Crippen molar-refractivity contribution in [3.8, 4) is 5.75 Å². The van der Waals surface area contributed by atoms with Crippen molar-refractivity contribution in [2.75, 3.05) is 26.9 Å². The number of carbonyl (C=O) groups excluding carboxylic acids is 3. The van der Waals surface area contributed by atoms with Crippen LogP contribution in [0.5, 0.6) is 5.75 Å². The Kier molecular flexibility index (Phi) is 8.21. The van der Waals surface area contributed by atoms with Gasteiger partial charge in [-0.3, -0.25) is 4.79 Å². The topological polar surface area (TPSA) is 82.1 Å². The molecule has 0 radical (unpaired) electrons. The van der Waals surface area contributed by atoms with Gasteiger partial charge in [0.2, 0.25) is 0 Å². The first-order valence-electron chi connectivity index (χ1n) is 9.24. The van der Waals surface area contributed by atoms with E-state index in [1.165, 1.54) is 18.2 Å². The Morgan fingerprint density at radius 3 is 2.07 bits per heavy atom. The molecule has 7 nitrogen and oxygen atoms in total. The monoisotopic (exact) mass is 419 g/mol. The van der Waals surface area contributed by atoms with Gasteiger partial charge in [0.05, 0.1) is 30.9 Å². The minimum Gasteiger partial charge on any atom is -0.484 e. The largest absolute Gasteiger partial charge is 0.484 e. The van der Waals surface area contributed by atoms with Crippen LogP contribution in [0.3, 0.4) is 0 Å². The van der Waals surface area contributed by atoms with Crippen molar-refractivity contribution in [1.29, 1.82) is 0 Å². The van der Waals surface area contributed by atoms with Crippen molar-refractivity contribution < 1.29 is 28.6 Å². The molecule has 8 heteroatoms. The van der Waals surface area contributed by atoms with Crippen molar-refractivity contribution in [3.63, 3.8) is 0 Å². The lowest BCUT2D eigenvalue weighted by molar-refractivity contribution is -0.132. The molecule has 0 aliphatic carbocycles. The van der Waals surface area contributed by atoms with E-state index in [2.05, 4.69) is 0 Å². The fraction of sp³-hybridized carbons (Fsp3) is 0.381. The quantitative estimate of drug-likeness (QED) is 0.579. The van der Waals surface area contributed by atoms with Crippen molar-refractivity contribution >= 4 is 29.2 Å². The maximum atomic E-state index is 12.4. The first-order valence-corrected chi connectivity index (χ1v) is 10.1. The van der Waals surface area contributed by atoms with E-state index in [0.717, 1.165) is 10.4 Å². The number of carbonyl (C=O) groups is 3. The van der Waals surface area contributed by atoms with Gasteiger partial charge in [-0.1, -0.05) is 0 Å². The van der Waals surface area contributed by atoms with Gasteiger partial charge in [0.1, 0.15) is 5.75 Å². The second kappa shape index (κ2) is 10.6. The molecule has 2 aromatic rings. The number of rotatable bonds is 9. The van der Waals surface area contributed by atoms with Crippen LogP contribution in [0, 0.1) is 6.92 Å². The molecule has 156 valence electrons. The van der Waals surface area contributed by atoms with Crippen LogP contribution >= 0.6 is 11.3 Å². The lowest BCUT2D eigenvalue weighted by atomic mass is 10.1. The van der Waals surface area contributed by atoms with Gasteiger partial charge < -0.3 is 19.1 Å². The minimum absolute atomic E-state index is 0.155. The molecule has 1 amide bonds. The lowest BCUT2D eigenvalue weighted by Crippen LogP contribution is -2.30. The highest BCUT2D eigenvalue weighted by Gasteiger charge is 2.17. The zero-order valence-corrected chi connectivity index (χ0v) is 17.8. The number of benzene rings is 1. The molecule has 29 heavy (non-hydrogen) atoms. The molecule has 1 heterocycles. The number of ether oxygens (including phenoxy) is 3. The number of nitrogens with zero attached hydrogens (tertiary/aromatic N) is 1. The van der Waals surface area contributed by atoms with Crippen LogP contribution in [0.25, 0.3) is 0 Å². The highest BCUT2D eigenvalue weighted by atomic mass is 32.1. The van der Waals surface area contributed by atoms with Crippen LogP contribution in [0.4, 0.5) is 0 Å². The molecule has 0 saturated heterocycles. The highest BCUT2D eigenvalue weighted by molar-refractivity contribution is 7.10. The Morgan fingerprint density at radius 1 is 1.00 bits per heavy atom. The summed E-state index contributed by atoms with van der Waals surface area (Å²) < 4.78 is 15.6. The van der Waals surface area contributed by atoms with Crippen LogP contribution in [-0.2, 0) is 20.8 Å². The molecule has 0 atom stereocenters. The molecule has 0 N–H and O–H groups in total. The molecular formula is C21H25NO6S. The van der Waals surface area contributed by atoms with Gasteiger partial charge in [-0.2, -0.15) is 0 Å². The lowest BCUT2D eigenvalue weighted by Gasteiger charge is -2.17. The summed E-state index contributed by atoms with van der Waals surface area (Å²) in [5.41, 5.74) is 1.45. The SMILES string of the molecule is CCOC(=O)c1cc(OCC(=O)N(C)Cc2sccc2C)cc(C(=O)OCC)c1. The van der Waals surface area contributed by atoms with Crippen molar-refractivity contribution in [2.45, 2.75) is 27.3 Å². The third-order valence-corrected chi connectivity index (χ3v) is 5.07. The summed E-state index contributed by atoms with van der Waals surface area (Å²) in [6.07, 6.45) is 0. The number of esters is 2. The van der Waals surface area contributed by atoms with E-state index in [0.29, 0.717) is 6.54 Å². The Morgan fingerprint density at radius 2 is 1.59 bits per heavy atom. The molecule has 0 aliphatic heterocycles. The van der Waals surface area contributed by atoms with Crippen LogP contribution < -0.4 is 4.74 Å². The predicted octanol–water partition coefficient (Wildman–Crippen LogP) is 3.45. The van der Waals surface area contributed by atoms with Crippen LogP contribution in [0.1, 0.15) is 45.0 Å². The number of thiophene rings is 1. The van der Waals surface area contributed by atoms with Gasteiger partial charge in [-0.15, -0.1) is 11.3 Å². The molecule has 0 spiro atoms. The minimum atomic E-state index is -0.583. The van der Waals surface area contributed by atoms with Crippen molar-refractivity contribution in [1.82, 2.24) is 4.90 Å². The van der Waals surface area contributed by atoms with Crippen LogP contribution in [0.2, 0.25) is 0 Å². The van der Waals surface area contributed by atoms with E-state index in [1.807, 2.05) is 18.4 Å². The second-order valence-electron chi connectivity index (χ2n) is 6.25. The number of amides is 1. The molecule has 2 rings (SSSR count). The molecule has 0 saturated carbocycles. The normalized spacial score (nSPS) is 10.3. The summed E-state index contributed by atoms with van der Waals surface area (Å²) in [5.74, 6) is -1.18. The summed E-state index contributed by atoms with van der Waals surface area (Å²) in [5, 5.41) is 1.98. The van der Waals surface area contributed by atoms with Gasteiger partial charge in [0.15, 0.2) is 6.61 Å². The van der Waals surface area contributed by atoms with E-state index in [4.69, 9.17) is 14.2 Å². The molecule has 0 bridgehead atoms. The Hall–Kier alpha value is -2.87. The highest BCUT2D eigenvalue weighted by Crippen LogP contribution is 2.20. The predicted molar refractivity (Wildman–Crippen MR) is 109 cm³/mol. The summed E-state index contributed by atoms with van der Waals surface area (Å²) in [7, 11) is 1.70. The number of likely N-dealkylation sites (N-methyl/N-ethyl adjacent to an activating group) is 1. The maximum Gasteiger partial charge on any atom is 0.338 e. The number of hydrogen-bond donors (Lipinski definition) is 0. The Balaban J connectivity index is 2.11. The van der Waals surface area contributed by atoms with Crippen LogP contribution in [0.15, 0.2) is 29.6 Å². The summed E-state index contributed by atoms with van der Waals surface area (Å²) in [6, 6.07) is 6.28. The standard InChI is InChI=1S/C21H25NO6S/c1-5-26-20(24)15-9-16(21(25)27-6-2)11-17(10-15)28-13-19(23)22(4)12-18-14(3)7-8-29-18/h7-11H,5-6,12-13H2,1-4H3. The van der Waals surface area contributed by atoms with Gasteiger partial charge in [-0.25, -0.2) is 9.59 Å². The van der Waals surface area contributed by atoms with Crippen molar-refractivity contribution in [3.05, 3.63) is 51.2 Å². The average molecular weight is 419 g/mol. The third-order valence-electron chi connectivity index (χ3n) is 4.07. The van der Waals surface area contributed by atoms with E-state index < -0.39 is 11.9 Å². The average Bonchev–Trinajstić information content (AvgIpc) is 3.10. The summed E-state index contributed by atoms with van der Waals surface area (Å²) in [6.45, 7) is 6.04. The van der Waals surface area contributed by atoms with Gasteiger partial charge >= 0.3 is 11.9 Å². The van der Waals surface area contributed by atoms with Gasteiger partial charge in [0.25, 0.3) is 5.91 Å². The number of aryl methyl sites for hydroxylation is 1. The van der Waals surface area contributed by atoms with E-state index in [-0.39, 0.29) is 42.6 Å². The summed E-state index contributed by atoms with van der Waals surface area (Å²) in [4.78, 5) is 39.3. The molecule has 0 unspecified atom stereocenters. The zero-order valence-electron chi connectivity index (χ0n) is 17.0. The van der Waals surface area contributed by atoms with E-state index in [1.54, 1.807) is 37.1 Å². The third kappa shape index (κ3) is 6.32. The molecule has 0 fully saturated rings. The number of hydrogen-bond acceptors (Lipinski definition) is 7. The maximum absolute atomic E-state index is 12.4. The Bertz CT molecular complexity index is 840. The van der Waals surface area contributed by atoms with Gasteiger partial charge in [-0.05, 0) is 56.0 Å². The van der Waals surface area contributed by atoms with Gasteiger partial charge in [0, 0.05) is 11.9 Å². The van der Waals surface area contributed by atoms with E-state index in [9.17, 15) is 14.4 Å². The smallest absolute Gasteiger partial charge is 0.338 e. The molecule has 1 aromatic carbocycles. The first-order chi connectivity index (χ1) is 13.8. The molecule has 1 aromatic heterocycles. The zero-order chi connectivity index (χ0) is 21.4. The molecule has 0 aliphatic rings.